The van der Waals surface area contributed by atoms with Crippen LogP contribution in [-0.4, -0.2) is 63.0 Å². The molecule has 0 aliphatic rings. The zero-order valence-corrected chi connectivity index (χ0v) is 21.5. The Hall–Kier alpha value is -4.06. The highest BCUT2D eigenvalue weighted by Gasteiger charge is 2.18. The molecule has 0 bridgehead atoms. The molecule has 11 nitrogen and oxygen atoms in total. The second-order valence-electron chi connectivity index (χ2n) is 7.80. The van der Waals surface area contributed by atoms with Gasteiger partial charge in [0.05, 0.1) is 45.5 Å². The van der Waals surface area contributed by atoms with Gasteiger partial charge in [0.1, 0.15) is 5.82 Å². The molecule has 0 saturated carbocycles. The van der Waals surface area contributed by atoms with E-state index in [2.05, 4.69) is 25.9 Å². The van der Waals surface area contributed by atoms with Crippen LogP contribution in [0.4, 0.5) is 5.82 Å². The highest BCUT2D eigenvalue weighted by Crippen LogP contribution is 2.40. The molecule has 188 valence electrons. The van der Waals surface area contributed by atoms with Gasteiger partial charge >= 0.3 is 0 Å². The summed E-state index contributed by atoms with van der Waals surface area (Å²) in [6.45, 7) is 4.40. The predicted octanol–water partition coefficient (Wildman–Crippen LogP) is 3.28. The molecular formula is C24H27N7O4S. The molecule has 2 heterocycles. The first-order valence-electron chi connectivity index (χ1n) is 11.0. The summed E-state index contributed by atoms with van der Waals surface area (Å²) in [5.74, 6) is 2.05. The number of hydrogen-bond acceptors (Lipinski definition) is 9. The Morgan fingerprint density at radius 2 is 1.83 bits per heavy atom. The van der Waals surface area contributed by atoms with Crippen molar-refractivity contribution in [3.63, 3.8) is 0 Å². The van der Waals surface area contributed by atoms with Crippen molar-refractivity contribution in [2.45, 2.75) is 25.5 Å². The lowest BCUT2D eigenvalue weighted by atomic mass is 10.1. The number of benzene rings is 2. The molecule has 0 spiro atoms. The first-order chi connectivity index (χ1) is 17.5. The van der Waals surface area contributed by atoms with Gasteiger partial charge < -0.3 is 19.5 Å². The van der Waals surface area contributed by atoms with Gasteiger partial charge in [-0.05, 0) is 53.6 Å². The van der Waals surface area contributed by atoms with Crippen molar-refractivity contribution < 1.29 is 19.0 Å². The van der Waals surface area contributed by atoms with Crippen LogP contribution in [0.3, 0.4) is 0 Å². The normalized spacial score (nSPS) is 10.8. The highest BCUT2D eigenvalue weighted by atomic mass is 32.2. The smallest absolute Gasteiger partial charge is 0.235 e. The number of thioether (sulfide) groups is 1. The number of carbonyl (C=O) groups excluding carboxylic acids is 1. The zero-order valence-electron chi connectivity index (χ0n) is 20.7. The van der Waals surface area contributed by atoms with E-state index in [-0.39, 0.29) is 11.7 Å². The fraction of sp³-hybridized carbons (Fsp3) is 0.292. The minimum Gasteiger partial charge on any atom is -0.493 e. The number of carbonyl (C=O) groups is 1. The Bertz CT molecular complexity index is 1370. The molecule has 0 fully saturated rings. The Morgan fingerprint density at radius 3 is 2.58 bits per heavy atom. The van der Waals surface area contributed by atoms with E-state index in [1.54, 1.807) is 49.0 Å². The van der Waals surface area contributed by atoms with E-state index in [1.807, 2.05) is 38.1 Å². The van der Waals surface area contributed by atoms with Gasteiger partial charge in [-0.1, -0.05) is 23.9 Å². The van der Waals surface area contributed by atoms with Crippen molar-refractivity contribution in [2.75, 3.05) is 32.4 Å². The average molecular weight is 510 g/mol. The SMILES string of the molecule is COc1ccc(Cn2nccc2NC(=O)CSc2nnnn2-c2cccc(C)c2C)c(OC)c1OC. The van der Waals surface area contributed by atoms with Crippen LogP contribution in [0.2, 0.25) is 0 Å². The van der Waals surface area contributed by atoms with Gasteiger partial charge in [-0.3, -0.25) is 4.79 Å². The van der Waals surface area contributed by atoms with Crippen LogP contribution in [0.25, 0.3) is 5.69 Å². The average Bonchev–Trinajstić information content (AvgIpc) is 3.53. The quantitative estimate of drug-likeness (QED) is 0.321. The molecule has 0 unspecified atom stereocenters. The number of tetrazole rings is 1. The van der Waals surface area contributed by atoms with Crippen LogP contribution >= 0.6 is 11.8 Å². The summed E-state index contributed by atoms with van der Waals surface area (Å²) in [6, 6.07) is 11.3. The van der Waals surface area contributed by atoms with Crippen LogP contribution in [0.5, 0.6) is 17.2 Å². The summed E-state index contributed by atoms with van der Waals surface area (Å²) < 4.78 is 19.7. The minimum absolute atomic E-state index is 0.121. The van der Waals surface area contributed by atoms with Crippen molar-refractivity contribution in [3.8, 4) is 22.9 Å². The fourth-order valence-corrected chi connectivity index (χ4v) is 4.39. The molecule has 4 rings (SSSR count). The molecule has 2 aromatic carbocycles. The summed E-state index contributed by atoms with van der Waals surface area (Å²) in [5.41, 5.74) is 3.91. The molecule has 1 N–H and O–H groups in total. The van der Waals surface area contributed by atoms with Crippen molar-refractivity contribution in [2.24, 2.45) is 0 Å². The lowest BCUT2D eigenvalue weighted by molar-refractivity contribution is -0.113. The van der Waals surface area contributed by atoms with Gasteiger partial charge in [-0.15, -0.1) is 5.10 Å². The van der Waals surface area contributed by atoms with E-state index < -0.39 is 0 Å². The molecule has 12 heteroatoms. The summed E-state index contributed by atoms with van der Waals surface area (Å²) >= 11 is 1.25. The molecule has 0 atom stereocenters. The number of nitrogens with one attached hydrogen (secondary N) is 1. The van der Waals surface area contributed by atoms with Gasteiger partial charge in [0.2, 0.25) is 16.8 Å². The predicted molar refractivity (Wildman–Crippen MR) is 135 cm³/mol. The van der Waals surface area contributed by atoms with Gasteiger partial charge in [-0.25, -0.2) is 4.68 Å². The molecule has 36 heavy (non-hydrogen) atoms. The Labute approximate surface area is 212 Å². The standard InChI is InChI=1S/C24H27N7O4S/c1-15-7-6-8-18(16(15)2)31-24(27-28-29-31)36-14-21(32)26-20-11-12-25-30(20)13-17-9-10-19(33-3)23(35-5)22(17)34-4/h6-12H,13-14H2,1-5H3,(H,26,32). The van der Waals surface area contributed by atoms with E-state index in [4.69, 9.17) is 14.2 Å². The second-order valence-corrected chi connectivity index (χ2v) is 8.74. The lowest BCUT2D eigenvalue weighted by Crippen LogP contribution is -2.18. The number of hydrogen-bond donors (Lipinski definition) is 1. The van der Waals surface area contributed by atoms with E-state index in [0.717, 1.165) is 22.4 Å². The van der Waals surface area contributed by atoms with Gasteiger partial charge in [0.25, 0.3) is 0 Å². The van der Waals surface area contributed by atoms with Crippen LogP contribution in [0.1, 0.15) is 16.7 Å². The highest BCUT2D eigenvalue weighted by molar-refractivity contribution is 7.99. The van der Waals surface area contributed by atoms with Crippen LogP contribution in [-0.2, 0) is 11.3 Å². The van der Waals surface area contributed by atoms with Crippen LogP contribution in [0.15, 0.2) is 47.8 Å². The van der Waals surface area contributed by atoms with Crippen molar-refractivity contribution in [1.29, 1.82) is 0 Å². The van der Waals surface area contributed by atoms with E-state index >= 15 is 0 Å². The van der Waals surface area contributed by atoms with Gasteiger partial charge in [0, 0.05) is 11.6 Å². The summed E-state index contributed by atoms with van der Waals surface area (Å²) in [4.78, 5) is 12.8. The molecule has 1 amide bonds. The maximum atomic E-state index is 12.8. The molecule has 0 aliphatic carbocycles. The lowest BCUT2D eigenvalue weighted by Gasteiger charge is -2.16. The molecule has 4 aromatic rings. The number of aromatic nitrogens is 6. The minimum atomic E-state index is -0.212. The van der Waals surface area contributed by atoms with E-state index in [0.29, 0.717) is 34.8 Å². The number of anilines is 1. The van der Waals surface area contributed by atoms with E-state index in [1.165, 1.54) is 11.8 Å². The van der Waals surface area contributed by atoms with Crippen molar-refractivity contribution >= 4 is 23.5 Å². The maximum Gasteiger partial charge on any atom is 0.235 e. The molecule has 0 aliphatic heterocycles. The first-order valence-corrected chi connectivity index (χ1v) is 12.0. The third-order valence-corrected chi connectivity index (χ3v) is 6.59. The number of aryl methyl sites for hydroxylation is 1. The second kappa shape index (κ2) is 11.1. The summed E-state index contributed by atoms with van der Waals surface area (Å²) in [6.07, 6.45) is 1.62. The number of nitrogens with zero attached hydrogens (tertiary/aromatic N) is 6. The Morgan fingerprint density at radius 1 is 1.03 bits per heavy atom. The van der Waals surface area contributed by atoms with Crippen LogP contribution in [0, 0.1) is 13.8 Å². The van der Waals surface area contributed by atoms with Gasteiger partial charge in [0.15, 0.2) is 11.5 Å². The fourth-order valence-electron chi connectivity index (χ4n) is 3.71. The number of rotatable bonds is 10. The number of ether oxygens (including phenoxy) is 3. The van der Waals surface area contributed by atoms with Crippen LogP contribution < -0.4 is 19.5 Å². The monoisotopic (exact) mass is 509 g/mol. The largest absolute Gasteiger partial charge is 0.493 e. The maximum absolute atomic E-state index is 12.8. The molecule has 0 radical (unpaired) electrons. The first kappa shape index (κ1) is 25.0. The summed E-state index contributed by atoms with van der Waals surface area (Å²) in [5, 5.41) is 19.8. The number of methoxy groups -OCH3 is 3. The molecule has 2 aromatic heterocycles. The molecular weight excluding hydrogens is 482 g/mol. The number of amides is 1. The zero-order chi connectivity index (χ0) is 25.7. The van der Waals surface area contributed by atoms with Crippen molar-refractivity contribution in [1.82, 2.24) is 30.0 Å². The topological polar surface area (TPSA) is 118 Å². The Kier molecular flexibility index (Phi) is 7.74. The third-order valence-electron chi connectivity index (χ3n) is 5.67. The summed E-state index contributed by atoms with van der Waals surface area (Å²) in [7, 11) is 4.68. The molecule has 0 saturated heterocycles. The third kappa shape index (κ3) is 5.13. The van der Waals surface area contributed by atoms with Gasteiger partial charge in [-0.2, -0.15) is 9.78 Å². The van der Waals surface area contributed by atoms with Crippen molar-refractivity contribution in [3.05, 3.63) is 59.3 Å². The van der Waals surface area contributed by atoms with E-state index in [9.17, 15) is 4.79 Å². The Balaban J connectivity index is 1.45.